The summed E-state index contributed by atoms with van der Waals surface area (Å²) >= 11 is 3.10. The predicted molar refractivity (Wildman–Crippen MR) is 80.3 cm³/mol. The Balaban J connectivity index is 3.02. The lowest BCUT2D eigenvalue weighted by atomic mass is 10.0. The summed E-state index contributed by atoms with van der Waals surface area (Å²) in [7, 11) is -1.10. The summed E-state index contributed by atoms with van der Waals surface area (Å²) in [6, 6.07) is 3.84. The summed E-state index contributed by atoms with van der Waals surface area (Å²) in [5, 5.41) is 0. The Morgan fingerprint density at radius 3 is 2.20 bits per heavy atom. The largest absolute Gasteiger partial charge is 0.416 e. The first-order valence-corrected chi connectivity index (χ1v) is 8.28. The van der Waals surface area contributed by atoms with E-state index in [1.165, 1.54) is 0 Å². The Labute approximate surface area is 128 Å². The topological polar surface area (TPSA) is 17.1 Å². The van der Waals surface area contributed by atoms with Crippen molar-refractivity contribution in [2.75, 3.05) is 5.75 Å². The standard InChI is InChI=1S/C14H18BrF3OS/c1-9(8-20(19)13(2,3)4)10-5-11(14(16,17)18)7-12(15)6-10/h5-7,9H,8H2,1-4H3/t9-,20-/m1/s1. The first-order chi connectivity index (χ1) is 8.91. The number of alkyl halides is 3. The summed E-state index contributed by atoms with van der Waals surface area (Å²) < 4.78 is 50.5. The van der Waals surface area contributed by atoms with E-state index in [1.807, 2.05) is 20.8 Å². The van der Waals surface area contributed by atoms with Crippen molar-refractivity contribution in [3.8, 4) is 0 Å². The van der Waals surface area contributed by atoms with Gasteiger partial charge < -0.3 is 0 Å². The van der Waals surface area contributed by atoms with Gasteiger partial charge in [0.05, 0.1) is 5.56 Å². The van der Waals surface area contributed by atoms with E-state index in [2.05, 4.69) is 15.9 Å². The number of hydrogen-bond donors (Lipinski definition) is 0. The predicted octanol–water partition coefficient (Wildman–Crippen LogP) is 5.12. The van der Waals surface area contributed by atoms with Crippen LogP contribution in [0.5, 0.6) is 0 Å². The molecular formula is C14H18BrF3OS. The first kappa shape index (κ1) is 17.7. The number of hydrogen-bond acceptors (Lipinski definition) is 1. The fraction of sp³-hybridized carbons (Fsp3) is 0.571. The molecule has 0 aliphatic rings. The van der Waals surface area contributed by atoms with Crippen molar-refractivity contribution in [2.45, 2.75) is 44.5 Å². The highest BCUT2D eigenvalue weighted by molar-refractivity contribution is 9.10. The minimum Gasteiger partial charge on any atom is -0.259 e. The SMILES string of the molecule is C[C@H](C[S@@](=O)C(C)(C)C)c1cc(Br)cc(C(F)(F)F)c1. The minimum atomic E-state index is -4.37. The van der Waals surface area contributed by atoms with E-state index in [4.69, 9.17) is 0 Å². The minimum absolute atomic E-state index is 0.200. The lowest BCUT2D eigenvalue weighted by molar-refractivity contribution is -0.137. The summed E-state index contributed by atoms with van der Waals surface area (Å²) in [6.07, 6.45) is -4.37. The second kappa shape index (κ2) is 6.18. The van der Waals surface area contributed by atoms with Gasteiger partial charge in [-0.3, -0.25) is 4.21 Å². The molecule has 1 nitrogen and oxygen atoms in total. The molecule has 0 aliphatic carbocycles. The van der Waals surface area contributed by atoms with E-state index in [0.29, 0.717) is 15.8 Å². The molecule has 0 fully saturated rings. The van der Waals surface area contributed by atoms with Gasteiger partial charge in [-0.2, -0.15) is 13.2 Å². The van der Waals surface area contributed by atoms with Crippen LogP contribution in [0.15, 0.2) is 22.7 Å². The molecule has 0 amide bonds. The van der Waals surface area contributed by atoms with E-state index >= 15 is 0 Å². The van der Waals surface area contributed by atoms with Crippen LogP contribution >= 0.6 is 15.9 Å². The molecule has 0 saturated heterocycles. The highest BCUT2D eigenvalue weighted by Gasteiger charge is 2.31. The summed E-state index contributed by atoms with van der Waals surface area (Å²) in [6.45, 7) is 7.37. The van der Waals surface area contributed by atoms with Crippen molar-refractivity contribution in [1.82, 2.24) is 0 Å². The zero-order valence-electron chi connectivity index (χ0n) is 11.8. The van der Waals surface area contributed by atoms with Crippen LogP contribution in [0, 0.1) is 0 Å². The molecule has 0 heterocycles. The van der Waals surface area contributed by atoms with Gasteiger partial charge in [0.15, 0.2) is 0 Å². The molecule has 0 bridgehead atoms. The van der Waals surface area contributed by atoms with Crippen LogP contribution in [-0.4, -0.2) is 14.7 Å². The maximum atomic E-state index is 12.8. The quantitative estimate of drug-likeness (QED) is 0.721. The Morgan fingerprint density at radius 1 is 1.20 bits per heavy atom. The highest BCUT2D eigenvalue weighted by Crippen LogP contribution is 2.34. The van der Waals surface area contributed by atoms with Crippen LogP contribution in [0.2, 0.25) is 0 Å². The number of rotatable bonds is 3. The third kappa shape index (κ3) is 4.88. The van der Waals surface area contributed by atoms with Crippen LogP contribution in [-0.2, 0) is 17.0 Å². The smallest absolute Gasteiger partial charge is 0.259 e. The fourth-order valence-electron chi connectivity index (χ4n) is 1.63. The van der Waals surface area contributed by atoms with Crippen LogP contribution in [0.3, 0.4) is 0 Å². The average molecular weight is 371 g/mol. The Kier molecular flexibility index (Phi) is 5.46. The van der Waals surface area contributed by atoms with Crippen molar-refractivity contribution in [1.29, 1.82) is 0 Å². The van der Waals surface area contributed by atoms with E-state index in [0.717, 1.165) is 12.1 Å². The average Bonchev–Trinajstić information content (AvgIpc) is 2.25. The molecule has 1 rings (SSSR count). The van der Waals surface area contributed by atoms with Gasteiger partial charge in [-0.25, -0.2) is 0 Å². The van der Waals surface area contributed by atoms with Gasteiger partial charge in [-0.15, -0.1) is 0 Å². The first-order valence-electron chi connectivity index (χ1n) is 6.17. The molecule has 114 valence electrons. The van der Waals surface area contributed by atoms with E-state index in [1.54, 1.807) is 13.0 Å². The summed E-state index contributed by atoms with van der Waals surface area (Å²) in [5.74, 6) is 0.144. The molecule has 0 N–H and O–H groups in total. The third-order valence-electron chi connectivity index (χ3n) is 2.90. The van der Waals surface area contributed by atoms with Gasteiger partial charge in [0.25, 0.3) is 0 Å². The Hall–Kier alpha value is -0.360. The van der Waals surface area contributed by atoms with Gasteiger partial charge in [-0.05, 0) is 50.5 Å². The maximum Gasteiger partial charge on any atom is 0.416 e. The molecule has 0 aliphatic heterocycles. The van der Waals surface area contributed by atoms with E-state index in [9.17, 15) is 17.4 Å². The molecule has 2 atom stereocenters. The van der Waals surface area contributed by atoms with Gasteiger partial charge in [0, 0.05) is 25.8 Å². The molecule has 0 saturated carbocycles. The normalized spacial score (nSPS) is 16.0. The maximum absolute atomic E-state index is 12.8. The monoisotopic (exact) mass is 370 g/mol. The fourth-order valence-corrected chi connectivity index (χ4v) is 3.29. The third-order valence-corrected chi connectivity index (χ3v) is 5.53. The number of benzene rings is 1. The van der Waals surface area contributed by atoms with Gasteiger partial charge in [0.2, 0.25) is 0 Å². The molecular weight excluding hydrogens is 353 g/mol. The van der Waals surface area contributed by atoms with Crippen molar-refractivity contribution in [2.24, 2.45) is 0 Å². The molecule has 20 heavy (non-hydrogen) atoms. The molecule has 0 aromatic heterocycles. The van der Waals surface area contributed by atoms with Crippen LogP contribution in [0.4, 0.5) is 13.2 Å². The Bertz CT molecular complexity index is 506. The van der Waals surface area contributed by atoms with Crippen molar-refractivity contribution in [3.05, 3.63) is 33.8 Å². The summed E-state index contributed by atoms with van der Waals surface area (Å²) in [5.41, 5.74) is -0.139. The molecule has 6 heteroatoms. The lowest BCUT2D eigenvalue weighted by Crippen LogP contribution is -2.26. The van der Waals surface area contributed by atoms with Crippen LogP contribution < -0.4 is 0 Å². The van der Waals surface area contributed by atoms with Gasteiger partial charge >= 0.3 is 6.18 Å². The molecule has 1 aromatic carbocycles. The highest BCUT2D eigenvalue weighted by atomic mass is 79.9. The summed E-state index contributed by atoms with van der Waals surface area (Å²) in [4.78, 5) is 0. The molecule has 0 radical (unpaired) electrons. The number of halogens is 4. The van der Waals surface area contributed by atoms with Crippen LogP contribution in [0.1, 0.15) is 44.7 Å². The van der Waals surface area contributed by atoms with E-state index in [-0.39, 0.29) is 10.7 Å². The second-order valence-corrected chi connectivity index (χ2v) is 8.96. The van der Waals surface area contributed by atoms with Crippen molar-refractivity contribution < 1.29 is 17.4 Å². The van der Waals surface area contributed by atoms with Gasteiger partial charge in [0.1, 0.15) is 0 Å². The van der Waals surface area contributed by atoms with Crippen LogP contribution in [0.25, 0.3) is 0 Å². The van der Waals surface area contributed by atoms with Crippen molar-refractivity contribution in [3.63, 3.8) is 0 Å². The Morgan fingerprint density at radius 2 is 1.75 bits per heavy atom. The molecule has 0 unspecified atom stereocenters. The molecule has 0 spiro atoms. The van der Waals surface area contributed by atoms with E-state index < -0.39 is 22.5 Å². The molecule has 1 aromatic rings. The van der Waals surface area contributed by atoms with Crippen molar-refractivity contribution >= 4 is 26.7 Å². The second-order valence-electron chi connectivity index (χ2n) is 5.80. The van der Waals surface area contributed by atoms with Gasteiger partial charge in [-0.1, -0.05) is 22.9 Å². The zero-order chi connectivity index (χ0) is 15.7. The zero-order valence-corrected chi connectivity index (χ0v) is 14.2. The lowest BCUT2D eigenvalue weighted by Gasteiger charge is -2.21.